The highest BCUT2D eigenvalue weighted by Crippen LogP contribution is 2.19. The topological polar surface area (TPSA) is 69.7 Å². The second-order valence-corrected chi connectivity index (χ2v) is 4.46. The summed E-state index contributed by atoms with van der Waals surface area (Å²) >= 11 is 0. The van der Waals surface area contributed by atoms with Crippen LogP contribution in [-0.2, 0) is 16.1 Å². The summed E-state index contributed by atoms with van der Waals surface area (Å²) in [5.74, 6) is -1.30. The summed E-state index contributed by atoms with van der Waals surface area (Å²) in [6.07, 6.45) is 0. The van der Waals surface area contributed by atoms with Gasteiger partial charge in [0.15, 0.2) is 0 Å². The summed E-state index contributed by atoms with van der Waals surface area (Å²) in [7, 11) is 0. The van der Waals surface area contributed by atoms with Crippen LogP contribution in [0, 0.1) is 0 Å². The molecule has 0 aromatic heterocycles. The van der Waals surface area contributed by atoms with Crippen molar-refractivity contribution in [3.05, 3.63) is 70.8 Å². The van der Waals surface area contributed by atoms with Gasteiger partial charge in [-0.05, 0) is 18.2 Å². The van der Waals surface area contributed by atoms with E-state index >= 15 is 0 Å². The van der Waals surface area contributed by atoms with E-state index in [0.29, 0.717) is 23.3 Å². The molecule has 2 aromatic rings. The Balaban J connectivity index is 0.000000126. The summed E-state index contributed by atoms with van der Waals surface area (Å²) in [6.45, 7) is 0.439. The zero-order valence-electron chi connectivity index (χ0n) is 10.9. The Morgan fingerprint density at radius 3 is 1.76 bits per heavy atom. The summed E-state index contributed by atoms with van der Waals surface area (Å²) in [5, 5.41) is 0. The zero-order chi connectivity index (χ0) is 14.8. The van der Waals surface area contributed by atoms with Crippen LogP contribution in [0.15, 0.2) is 48.5 Å². The highest BCUT2D eigenvalue weighted by molar-refractivity contribution is 6.14. The molecule has 2 aliphatic rings. The number of rotatable bonds is 0. The number of ether oxygens (including phenoxy) is 2. The largest absolute Gasteiger partial charge is 0.457 e. The summed E-state index contributed by atoms with van der Waals surface area (Å²) in [4.78, 5) is 32.5. The predicted molar refractivity (Wildman–Crippen MR) is 71.7 cm³/mol. The van der Waals surface area contributed by atoms with Gasteiger partial charge in [0.2, 0.25) is 0 Å². The van der Waals surface area contributed by atoms with Gasteiger partial charge in [0, 0.05) is 5.56 Å². The van der Waals surface area contributed by atoms with Crippen LogP contribution in [-0.4, -0.2) is 17.9 Å². The average Bonchev–Trinajstić information content (AvgIpc) is 3.02. The molecule has 0 fully saturated rings. The fourth-order valence-corrected chi connectivity index (χ4v) is 2.10. The molecule has 0 atom stereocenters. The third-order valence-corrected chi connectivity index (χ3v) is 3.15. The number of carbonyl (C=O) groups excluding carboxylic acids is 3. The molecule has 2 heterocycles. The highest BCUT2D eigenvalue weighted by Gasteiger charge is 2.28. The van der Waals surface area contributed by atoms with Gasteiger partial charge in [-0.25, -0.2) is 14.4 Å². The third kappa shape index (κ3) is 2.41. The molecular formula is C16H10O5. The van der Waals surface area contributed by atoms with E-state index in [9.17, 15) is 14.4 Å². The second-order valence-electron chi connectivity index (χ2n) is 4.46. The normalized spacial score (nSPS) is 14.6. The van der Waals surface area contributed by atoms with Crippen molar-refractivity contribution in [2.24, 2.45) is 0 Å². The Bertz CT molecular complexity index is 715. The van der Waals surface area contributed by atoms with Crippen molar-refractivity contribution in [1.29, 1.82) is 0 Å². The monoisotopic (exact) mass is 282 g/mol. The van der Waals surface area contributed by atoms with Crippen LogP contribution >= 0.6 is 0 Å². The van der Waals surface area contributed by atoms with Crippen LogP contribution in [0.1, 0.15) is 36.6 Å². The van der Waals surface area contributed by atoms with Crippen molar-refractivity contribution in [2.45, 2.75) is 6.61 Å². The first-order valence-electron chi connectivity index (χ1n) is 6.27. The Labute approximate surface area is 120 Å². The molecule has 4 rings (SSSR count). The number of esters is 3. The molecule has 0 N–H and O–H groups in total. The lowest BCUT2D eigenvalue weighted by atomic mass is 10.1. The maximum Gasteiger partial charge on any atom is 0.346 e. The molecule has 21 heavy (non-hydrogen) atoms. The molecule has 2 aliphatic heterocycles. The number of cyclic esters (lactones) is 3. The lowest BCUT2D eigenvalue weighted by molar-refractivity contribution is 0.0442. The molecule has 0 aliphatic carbocycles. The van der Waals surface area contributed by atoms with Gasteiger partial charge in [0.1, 0.15) is 6.61 Å². The molecule has 5 nitrogen and oxygen atoms in total. The van der Waals surface area contributed by atoms with Crippen LogP contribution in [0.25, 0.3) is 0 Å². The van der Waals surface area contributed by atoms with E-state index in [0.717, 1.165) is 5.56 Å². The fraction of sp³-hybridized carbons (Fsp3) is 0.0625. The van der Waals surface area contributed by atoms with Gasteiger partial charge in [-0.3, -0.25) is 0 Å². The standard InChI is InChI=1S/C8H4O3.C8H6O2/c9-7-5-3-1-2-4-6(5)8(10)11-7;9-8-7-4-2-1-3-6(7)5-10-8/h1-4H;1-4H,5H2. The summed E-state index contributed by atoms with van der Waals surface area (Å²) in [5.41, 5.74) is 2.42. The molecular weight excluding hydrogens is 272 g/mol. The van der Waals surface area contributed by atoms with Gasteiger partial charge in [-0.2, -0.15) is 0 Å². The van der Waals surface area contributed by atoms with Crippen LogP contribution in [0.4, 0.5) is 0 Å². The lowest BCUT2D eigenvalue weighted by Crippen LogP contribution is -1.96. The first-order chi connectivity index (χ1) is 10.2. The second kappa shape index (κ2) is 5.20. The smallest absolute Gasteiger partial charge is 0.346 e. The van der Waals surface area contributed by atoms with E-state index in [-0.39, 0.29) is 5.97 Å². The molecule has 0 saturated carbocycles. The average molecular weight is 282 g/mol. The van der Waals surface area contributed by atoms with E-state index in [1.807, 2.05) is 18.2 Å². The van der Waals surface area contributed by atoms with Gasteiger partial charge >= 0.3 is 17.9 Å². The summed E-state index contributed by atoms with van der Waals surface area (Å²) < 4.78 is 9.14. The number of fused-ring (bicyclic) bond motifs is 2. The lowest BCUT2D eigenvalue weighted by Gasteiger charge is -1.87. The van der Waals surface area contributed by atoms with E-state index in [1.54, 1.807) is 30.3 Å². The molecule has 0 radical (unpaired) electrons. The number of benzene rings is 2. The van der Waals surface area contributed by atoms with E-state index < -0.39 is 11.9 Å². The van der Waals surface area contributed by atoms with Gasteiger partial charge in [0.25, 0.3) is 0 Å². The Morgan fingerprint density at radius 2 is 1.19 bits per heavy atom. The molecule has 0 amide bonds. The SMILES string of the molecule is O=C1OC(=O)c2ccccc21.O=C1OCc2ccccc21. The quantitative estimate of drug-likeness (QED) is 0.548. The first kappa shape index (κ1) is 13.1. The summed E-state index contributed by atoms with van der Waals surface area (Å²) in [6, 6.07) is 14.0. The zero-order valence-corrected chi connectivity index (χ0v) is 10.9. The number of carbonyl (C=O) groups is 3. The minimum Gasteiger partial charge on any atom is -0.457 e. The number of hydrogen-bond acceptors (Lipinski definition) is 5. The third-order valence-electron chi connectivity index (χ3n) is 3.15. The minimum absolute atomic E-state index is 0.199. The Hall–Kier alpha value is -2.95. The van der Waals surface area contributed by atoms with Crippen molar-refractivity contribution < 1.29 is 23.9 Å². The van der Waals surface area contributed by atoms with Crippen molar-refractivity contribution in [3.8, 4) is 0 Å². The Morgan fingerprint density at radius 1 is 0.667 bits per heavy atom. The molecule has 0 spiro atoms. The van der Waals surface area contributed by atoms with Crippen LogP contribution in [0.3, 0.4) is 0 Å². The van der Waals surface area contributed by atoms with E-state index in [1.165, 1.54) is 0 Å². The molecule has 2 aromatic carbocycles. The van der Waals surface area contributed by atoms with Gasteiger partial charge in [-0.15, -0.1) is 0 Å². The predicted octanol–water partition coefficient (Wildman–Crippen LogP) is 2.35. The van der Waals surface area contributed by atoms with Crippen molar-refractivity contribution >= 4 is 17.9 Å². The van der Waals surface area contributed by atoms with Crippen LogP contribution < -0.4 is 0 Å². The maximum absolute atomic E-state index is 10.8. The minimum atomic E-state index is -0.550. The van der Waals surface area contributed by atoms with Gasteiger partial charge in [0.05, 0.1) is 16.7 Å². The highest BCUT2D eigenvalue weighted by atomic mass is 16.6. The number of hydrogen-bond donors (Lipinski definition) is 0. The van der Waals surface area contributed by atoms with Crippen molar-refractivity contribution in [3.63, 3.8) is 0 Å². The fourth-order valence-electron chi connectivity index (χ4n) is 2.10. The Kier molecular flexibility index (Phi) is 3.23. The molecule has 0 bridgehead atoms. The van der Waals surface area contributed by atoms with Crippen molar-refractivity contribution in [2.75, 3.05) is 0 Å². The first-order valence-corrected chi connectivity index (χ1v) is 6.27. The van der Waals surface area contributed by atoms with E-state index in [4.69, 9.17) is 4.74 Å². The van der Waals surface area contributed by atoms with Gasteiger partial charge in [-0.1, -0.05) is 30.3 Å². The van der Waals surface area contributed by atoms with Crippen LogP contribution in [0.2, 0.25) is 0 Å². The molecule has 0 saturated heterocycles. The van der Waals surface area contributed by atoms with Gasteiger partial charge < -0.3 is 9.47 Å². The molecule has 0 unspecified atom stereocenters. The molecule has 104 valence electrons. The van der Waals surface area contributed by atoms with E-state index in [2.05, 4.69) is 4.74 Å². The maximum atomic E-state index is 10.8. The molecule has 5 heteroatoms. The van der Waals surface area contributed by atoms with Crippen LogP contribution in [0.5, 0.6) is 0 Å². The van der Waals surface area contributed by atoms with Crippen molar-refractivity contribution in [1.82, 2.24) is 0 Å².